The van der Waals surface area contributed by atoms with Crippen molar-refractivity contribution < 1.29 is 0 Å². The predicted molar refractivity (Wildman–Crippen MR) is 77.4 cm³/mol. The first-order chi connectivity index (χ1) is 8.99. The number of aromatic nitrogens is 4. The summed E-state index contributed by atoms with van der Waals surface area (Å²) in [5.74, 6) is 1.05. The van der Waals surface area contributed by atoms with Crippen LogP contribution in [0.15, 0.2) is 12.4 Å². The molecule has 2 aromatic rings. The van der Waals surface area contributed by atoms with Gasteiger partial charge in [-0.05, 0) is 43.2 Å². The molecule has 0 aliphatic rings. The summed E-state index contributed by atoms with van der Waals surface area (Å²) in [6, 6.07) is 0. The highest BCUT2D eigenvalue weighted by atomic mass is 15.3. The van der Waals surface area contributed by atoms with E-state index in [4.69, 9.17) is 0 Å². The molecule has 1 unspecified atom stereocenters. The smallest absolute Gasteiger partial charge is 0.0628 e. The van der Waals surface area contributed by atoms with Gasteiger partial charge in [-0.25, -0.2) is 0 Å². The predicted octanol–water partition coefficient (Wildman–Crippen LogP) is 3.54. The lowest BCUT2D eigenvalue weighted by molar-refractivity contribution is 0.529. The Bertz CT molecular complexity index is 536. The second-order valence-corrected chi connectivity index (χ2v) is 5.73. The van der Waals surface area contributed by atoms with Crippen LogP contribution in [0.5, 0.6) is 0 Å². The van der Waals surface area contributed by atoms with Crippen molar-refractivity contribution in [3.63, 3.8) is 0 Å². The summed E-state index contributed by atoms with van der Waals surface area (Å²) >= 11 is 0. The van der Waals surface area contributed by atoms with Gasteiger partial charge in [0.05, 0.1) is 11.9 Å². The number of hydrogen-bond acceptors (Lipinski definition) is 2. The summed E-state index contributed by atoms with van der Waals surface area (Å²) in [6.45, 7) is 11.8. The zero-order valence-electron chi connectivity index (χ0n) is 12.6. The third-order valence-electron chi connectivity index (χ3n) is 3.80. The Balaban J connectivity index is 1.99. The summed E-state index contributed by atoms with van der Waals surface area (Å²) in [5.41, 5.74) is 4.99. The van der Waals surface area contributed by atoms with E-state index in [0.29, 0.717) is 11.8 Å². The number of rotatable bonds is 5. The Kier molecular flexibility index (Phi) is 4.08. The molecule has 1 N–H and O–H groups in total. The highest BCUT2D eigenvalue weighted by molar-refractivity contribution is 5.20. The van der Waals surface area contributed by atoms with E-state index >= 15 is 0 Å². The number of H-pyrrole nitrogens is 1. The molecule has 0 fully saturated rings. The van der Waals surface area contributed by atoms with Gasteiger partial charge < -0.3 is 0 Å². The molecule has 0 aliphatic carbocycles. The minimum absolute atomic E-state index is 0.505. The fraction of sp³-hybridized carbons (Fsp3) is 0.600. The van der Waals surface area contributed by atoms with Crippen molar-refractivity contribution in [1.82, 2.24) is 20.0 Å². The monoisotopic (exact) mass is 260 g/mol. The average molecular weight is 260 g/mol. The normalized spacial score (nSPS) is 13.2. The summed E-state index contributed by atoms with van der Waals surface area (Å²) in [5, 5.41) is 11.7. The van der Waals surface area contributed by atoms with Crippen LogP contribution in [0.25, 0.3) is 0 Å². The van der Waals surface area contributed by atoms with Crippen LogP contribution >= 0.6 is 0 Å². The molecule has 4 nitrogen and oxygen atoms in total. The van der Waals surface area contributed by atoms with Gasteiger partial charge in [-0.3, -0.25) is 9.78 Å². The molecule has 0 bridgehead atoms. The summed E-state index contributed by atoms with van der Waals surface area (Å²) in [4.78, 5) is 0. The standard InChI is InChI=1S/C15H24N4/c1-10(2)15-9-19(18-13(15)5)7-6-11(3)14-8-16-17-12(14)4/h8-11H,6-7H2,1-5H3,(H,16,17). The molecule has 4 heteroatoms. The van der Waals surface area contributed by atoms with Crippen molar-refractivity contribution in [2.24, 2.45) is 0 Å². The molecule has 0 amide bonds. The molecule has 2 heterocycles. The Labute approximate surface area is 115 Å². The van der Waals surface area contributed by atoms with E-state index in [1.54, 1.807) is 0 Å². The first-order valence-corrected chi connectivity index (χ1v) is 7.02. The van der Waals surface area contributed by atoms with E-state index < -0.39 is 0 Å². The molecule has 2 aromatic heterocycles. The maximum absolute atomic E-state index is 4.60. The summed E-state index contributed by atoms with van der Waals surface area (Å²) in [6.07, 6.45) is 5.21. The van der Waals surface area contributed by atoms with Crippen molar-refractivity contribution in [2.45, 2.75) is 59.4 Å². The van der Waals surface area contributed by atoms with Gasteiger partial charge in [0.1, 0.15) is 0 Å². The Morgan fingerprint density at radius 1 is 1.21 bits per heavy atom. The van der Waals surface area contributed by atoms with Crippen LogP contribution in [0.2, 0.25) is 0 Å². The maximum Gasteiger partial charge on any atom is 0.0628 e. The number of nitrogens with zero attached hydrogens (tertiary/aromatic N) is 3. The second-order valence-electron chi connectivity index (χ2n) is 5.73. The third kappa shape index (κ3) is 3.06. The zero-order valence-corrected chi connectivity index (χ0v) is 12.6. The van der Waals surface area contributed by atoms with Crippen LogP contribution in [0.1, 0.15) is 61.5 Å². The van der Waals surface area contributed by atoms with Crippen LogP contribution in [-0.2, 0) is 6.54 Å². The number of hydrogen-bond donors (Lipinski definition) is 1. The van der Waals surface area contributed by atoms with Crippen LogP contribution in [0.3, 0.4) is 0 Å². The molecule has 0 saturated carbocycles. The fourth-order valence-electron chi connectivity index (χ4n) is 2.55. The lowest BCUT2D eigenvalue weighted by Crippen LogP contribution is -2.04. The van der Waals surface area contributed by atoms with Crippen LogP contribution in [-0.4, -0.2) is 20.0 Å². The van der Waals surface area contributed by atoms with Crippen LogP contribution in [0.4, 0.5) is 0 Å². The summed E-state index contributed by atoms with van der Waals surface area (Å²) in [7, 11) is 0. The van der Waals surface area contributed by atoms with Gasteiger partial charge in [0, 0.05) is 18.4 Å². The highest BCUT2D eigenvalue weighted by Crippen LogP contribution is 2.22. The molecule has 2 rings (SSSR count). The number of nitrogens with one attached hydrogen (secondary N) is 1. The topological polar surface area (TPSA) is 46.5 Å². The van der Waals surface area contributed by atoms with Crippen LogP contribution in [0, 0.1) is 13.8 Å². The van der Waals surface area contributed by atoms with Gasteiger partial charge in [-0.2, -0.15) is 10.2 Å². The van der Waals surface area contributed by atoms with E-state index in [0.717, 1.165) is 18.7 Å². The lowest BCUT2D eigenvalue weighted by Gasteiger charge is -2.10. The Hall–Kier alpha value is -1.58. The third-order valence-corrected chi connectivity index (χ3v) is 3.80. The Morgan fingerprint density at radius 3 is 2.47 bits per heavy atom. The maximum atomic E-state index is 4.60. The van der Waals surface area contributed by atoms with Gasteiger partial charge in [-0.1, -0.05) is 20.8 Å². The minimum Gasteiger partial charge on any atom is -0.283 e. The van der Waals surface area contributed by atoms with Gasteiger partial charge in [0.15, 0.2) is 0 Å². The molecule has 19 heavy (non-hydrogen) atoms. The van der Waals surface area contributed by atoms with E-state index in [2.05, 4.69) is 60.8 Å². The van der Waals surface area contributed by atoms with Crippen molar-refractivity contribution >= 4 is 0 Å². The molecular formula is C15H24N4. The van der Waals surface area contributed by atoms with Gasteiger partial charge in [-0.15, -0.1) is 0 Å². The molecule has 0 spiro atoms. The summed E-state index contributed by atoms with van der Waals surface area (Å²) < 4.78 is 2.08. The molecule has 0 aromatic carbocycles. The highest BCUT2D eigenvalue weighted by Gasteiger charge is 2.12. The van der Waals surface area contributed by atoms with Gasteiger partial charge in [0.2, 0.25) is 0 Å². The zero-order chi connectivity index (χ0) is 14.0. The van der Waals surface area contributed by atoms with Crippen molar-refractivity contribution in [2.75, 3.05) is 0 Å². The SMILES string of the molecule is Cc1nn(CCC(C)c2cn[nH]c2C)cc1C(C)C. The second kappa shape index (κ2) is 5.59. The van der Waals surface area contributed by atoms with E-state index in [1.807, 2.05) is 6.20 Å². The minimum atomic E-state index is 0.505. The lowest BCUT2D eigenvalue weighted by atomic mass is 9.99. The van der Waals surface area contributed by atoms with Crippen molar-refractivity contribution in [1.29, 1.82) is 0 Å². The fourth-order valence-corrected chi connectivity index (χ4v) is 2.55. The molecule has 0 radical (unpaired) electrons. The average Bonchev–Trinajstić information content (AvgIpc) is 2.92. The molecular weight excluding hydrogens is 236 g/mol. The van der Waals surface area contributed by atoms with Crippen LogP contribution < -0.4 is 0 Å². The molecule has 0 saturated heterocycles. The molecule has 0 aliphatic heterocycles. The van der Waals surface area contributed by atoms with E-state index in [-0.39, 0.29) is 0 Å². The largest absolute Gasteiger partial charge is 0.283 e. The van der Waals surface area contributed by atoms with Crippen molar-refractivity contribution in [3.05, 3.63) is 34.9 Å². The van der Waals surface area contributed by atoms with Gasteiger partial charge in [0.25, 0.3) is 0 Å². The first-order valence-electron chi connectivity index (χ1n) is 7.02. The number of aromatic amines is 1. The molecule has 1 atom stereocenters. The van der Waals surface area contributed by atoms with Crippen molar-refractivity contribution in [3.8, 4) is 0 Å². The quantitative estimate of drug-likeness (QED) is 0.893. The van der Waals surface area contributed by atoms with E-state index in [1.165, 1.54) is 16.8 Å². The number of aryl methyl sites for hydroxylation is 3. The Morgan fingerprint density at radius 2 is 1.95 bits per heavy atom. The first kappa shape index (κ1) is 13.8. The van der Waals surface area contributed by atoms with Gasteiger partial charge >= 0.3 is 0 Å². The molecule has 104 valence electrons. The van der Waals surface area contributed by atoms with E-state index in [9.17, 15) is 0 Å².